The Kier molecular flexibility index (Phi) is 6.76. The van der Waals surface area contributed by atoms with Gasteiger partial charge >= 0.3 is 0 Å². The van der Waals surface area contributed by atoms with Crippen molar-refractivity contribution in [1.29, 1.82) is 0 Å². The summed E-state index contributed by atoms with van der Waals surface area (Å²) in [5, 5.41) is 16.2. The second-order valence-corrected chi connectivity index (χ2v) is 21.4. The topological polar surface area (TPSA) is 0 Å². The van der Waals surface area contributed by atoms with Crippen molar-refractivity contribution in [1.82, 2.24) is 0 Å². The van der Waals surface area contributed by atoms with Crippen molar-refractivity contribution in [2.75, 3.05) is 0 Å². The lowest BCUT2D eigenvalue weighted by molar-refractivity contribution is 1.64. The summed E-state index contributed by atoms with van der Waals surface area (Å²) < 4.78 is 2.69. The van der Waals surface area contributed by atoms with Crippen molar-refractivity contribution < 1.29 is 0 Å². The molecular formula is C54H36SSi. The lowest BCUT2D eigenvalue weighted by Crippen LogP contribution is -2.49. The molecule has 56 heavy (non-hydrogen) atoms. The van der Waals surface area contributed by atoms with Crippen LogP contribution in [0.15, 0.2) is 182 Å². The average molecular weight is 745 g/mol. The maximum atomic E-state index is 2.53. The predicted octanol–water partition coefficient (Wildman–Crippen LogP) is 14.5. The highest BCUT2D eigenvalue weighted by Crippen LogP contribution is 2.51. The SMILES string of the molecule is C[Si]1(C)c2ccccc2-c2c1ccc1c(-c3c4ccccc4c(-c4ccc5ccccc5c4)c4cc(-c5ccccc5)ccc34)cc3sc4ccccc4c3c21. The van der Waals surface area contributed by atoms with Gasteiger partial charge in [-0.2, -0.15) is 0 Å². The Hall–Kier alpha value is -6.32. The lowest BCUT2D eigenvalue weighted by Gasteiger charge is -2.22. The van der Waals surface area contributed by atoms with Crippen molar-refractivity contribution in [3.63, 3.8) is 0 Å². The van der Waals surface area contributed by atoms with E-state index < -0.39 is 8.07 Å². The molecule has 1 aliphatic rings. The zero-order chi connectivity index (χ0) is 37.1. The Balaban J connectivity index is 1.27. The third-order valence-electron chi connectivity index (χ3n) is 12.6. The molecule has 0 atom stereocenters. The normalized spacial score (nSPS) is 13.3. The van der Waals surface area contributed by atoms with Crippen LogP contribution in [0.3, 0.4) is 0 Å². The monoisotopic (exact) mass is 744 g/mol. The molecule has 2 heterocycles. The highest BCUT2D eigenvalue weighted by Gasteiger charge is 2.39. The van der Waals surface area contributed by atoms with Crippen molar-refractivity contribution in [3.8, 4) is 44.5 Å². The van der Waals surface area contributed by atoms with Gasteiger partial charge in [-0.15, -0.1) is 11.3 Å². The largest absolute Gasteiger partial charge is 0.135 e. The fraction of sp³-hybridized carbons (Fsp3) is 0.0370. The molecule has 0 fully saturated rings. The summed E-state index contributed by atoms with van der Waals surface area (Å²) in [4.78, 5) is 0. The summed E-state index contributed by atoms with van der Waals surface area (Å²) in [6.45, 7) is 5.07. The highest BCUT2D eigenvalue weighted by molar-refractivity contribution is 7.26. The number of fused-ring (bicyclic) bond motifs is 12. The summed E-state index contributed by atoms with van der Waals surface area (Å²) in [6.07, 6.45) is 0. The van der Waals surface area contributed by atoms with E-state index in [1.165, 1.54) is 108 Å². The van der Waals surface area contributed by atoms with Gasteiger partial charge in [-0.1, -0.05) is 171 Å². The van der Waals surface area contributed by atoms with Gasteiger partial charge in [0.25, 0.3) is 0 Å². The van der Waals surface area contributed by atoms with Crippen LogP contribution in [-0.2, 0) is 0 Å². The van der Waals surface area contributed by atoms with E-state index >= 15 is 0 Å². The molecule has 1 aromatic heterocycles. The quantitative estimate of drug-likeness (QED) is 0.125. The maximum absolute atomic E-state index is 2.53. The molecule has 11 aromatic rings. The van der Waals surface area contributed by atoms with Gasteiger partial charge in [0.15, 0.2) is 0 Å². The van der Waals surface area contributed by atoms with Gasteiger partial charge in [-0.05, 0) is 122 Å². The zero-order valence-corrected chi connectivity index (χ0v) is 33.0. The number of rotatable bonds is 3. The van der Waals surface area contributed by atoms with Crippen LogP contribution in [0.1, 0.15) is 0 Å². The summed E-state index contributed by atoms with van der Waals surface area (Å²) in [6, 6.07) is 68.7. The van der Waals surface area contributed by atoms with Crippen molar-refractivity contribution in [2.24, 2.45) is 0 Å². The maximum Gasteiger partial charge on any atom is 0.113 e. The average Bonchev–Trinajstić information content (AvgIpc) is 3.74. The Morgan fingerprint density at radius 1 is 0.339 bits per heavy atom. The van der Waals surface area contributed by atoms with Crippen molar-refractivity contribution in [2.45, 2.75) is 13.1 Å². The van der Waals surface area contributed by atoms with Crippen LogP contribution < -0.4 is 10.4 Å². The predicted molar refractivity (Wildman–Crippen MR) is 248 cm³/mol. The van der Waals surface area contributed by atoms with Gasteiger partial charge < -0.3 is 0 Å². The molecule has 262 valence electrons. The molecule has 2 heteroatoms. The third-order valence-corrected chi connectivity index (χ3v) is 17.3. The van der Waals surface area contributed by atoms with Crippen LogP contribution in [0.4, 0.5) is 0 Å². The molecule has 0 saturated heterocycles. The fourth-order valence-corrected chi connectivity index (χ4v) is 14.3. The molecule has 0 amide bonds. The first-order chi connectivity index (χ1) is 27.5. The highest BCUT2D eigenvalue weighted by atomic mass is 32.1. The first-order valence-corrected chi connectivity index (χ1v) is 23.4. The standard InChI is InChI=1S/C54H36SSi/c1-56(2)48-23-13-11-21-43(48)53-49(56)29-28-41-45(32-47-52(54(41)53)42-20-10-12-22-46(42)55-47)51-39-19-9-8-18-38(39)50(37-25-24-34-16-6-7-17-35(34)30-37)44-31-36(26-27-40(44)51)33-14-4-3-5-15-33/h3-32H,1-2H3. The Bertz CT molecular complexity index is 3440. The molecule has 0 N–H and O–H groups in total. The van der Waals surface area contributed by atoms with E-state index in [4.69, 9.17) is 0 Å². The number of hydrogen-bond acceptors (Lipinski definition) is 1. The minimum absolute atomic E-state index is 1.23. The summed E-state index contributed by atoms with van der Waals surface area (Å²) in [7, 11) is -1.92. The van der Waals surface area contributed by atoms with Gasteiger partial charge in [0.2, 0.25) is 0 Å². The van der Waals surface area contributed by atoms with E-state index in [1.54, 1.807) is 10.4 Å². The molecule has 0 aliphatic carbocycles. The smallest absolute Gasteiger partial charge is 0.113 e. The van der Waals surface area contributed by atoms with Gasteiger partial charge in [0.1, 0.15) is 8.07 Å². The molecule has 0 nitrogen and oxygen atoms in total. The van der Waals surface area contributed by atoms with E-state index in [0.29, 0.717) is 0 Å². The van der Waals surface area contributed by atoms with E-state index in [9.17, 15) is 0 Å². The van der Waals surface area contributed by atoms with Gasteiger partial charge in [-0.25, -0.2) is 0 Å². The Labute approximate surface area is 330 Å². The van der Waals surface area contributed by atoms with Crippen LogP contribution in [0.5, 0.6) is 0 Å². The van der Waals surface area contributed by atoms with Crippen LogP contribution >= 0.6 is 11.3 Å². The molecule has 10 aromatic carbocycles. The molecule has 1 aliphatic heterocycles. The number of thiophene rings is 1. The second-order valence-electron chi connectivity index (χ2n) is 16.0. The van der Waals surface area contributed by atoms with Crippen LogP contribution in [0.2, 0.25) is 13.1 Å². The lowest BCUT2D eigenvalue weighted by atomic mass is 9.82. The second kappa shape index (κ2) is 11.8. The third kappa shape index (κ3) is 4.46. The van der Waals surface area contributed by atoms with Crippen molar-refractivity contribution >= 4 is 93.0 Å². The molecule has 0 saturated carbocycles. The Morgan fingerprint density at radius 2 is 1.00 bits per heavy atom. The van der Waals surface area contributed by atoms with Gasteiger partial charge in [0.05, 0.1) is 0 Å². The van der Waals surface area contributed by atoms with Gasteiger partial charge in [0, 0.05) is 20.2 Å². The summed E-state index contributed by atoms with van der Waals surface area (Å²) >= 11 is 1.93. The summed E-state index contributed by atoms with van der Waals surface area (Å²) in [5.41, 5.74) is 10.5. The van der Waals surface area contributed by atoms with E-state index in [-0.39, 0.29) is 0 Å². The van der Waals surface area contributed by atoms with Crippen molar-refractivity contribution in [3.05, 3.63) is 182 Å². The molecular weight excluding hydrogens is 709 g/mol. The van der Waals surface area contributed by atoms with Crippen LogP contribution in [0.25, 0.3) is 108 Å². The van der Waals surface area contributed by atoms with Crippen LogP contribution in [0, 0.1) is 0 Å². The molecule has 0 radical (unpaired) electrons. The van der Waals surface area contributed by atoms with Crippen LogP contribution in [-0.4, -0.2) is 8.07 Å². The molecule has 0 spiro atoms. The molecule has 0 unspecified atom stereocenters. The number of benzene rings is 10. The molecule has 0 bridgehead atoms. The molecule has 12 rings (SSSR count). The van der Waals surface area contributed by atoms with E-state index in [2.05, 4.69) is 195 Å². The fourth-order valence-electron chi connectivity index (χ4n) is 10.1. The zero-order valence-electron chi connectivity index (χ0n) is 31.2. The minimum Gasteiger partial charge on any atom is -0.135 e. The first-order valence-electron chi connectivity index (χ1n) is 19.6. The number of hydrogen-bond donors (Lipinski definition) is 0. The first kappa shape index (κ1) is 32.0. The van der Waals surface area contributed by atoms with E-state index in [1.807, 2.05) is 11.3 Å². The van der Waals surface area contributed by atoms with E-state index in [0.717, 1.165) is 0 Å². The van der Waals surface area contributed by atoms with Gasteiger partial charge in [-0.3, -0.25) is 0 Å². The minimum atomic E-state index is -1.92. The summed E-state index contributed by atoms with van der Waals surface area (Å²) in [5.74, 6) is 0. The Morgan fingerprint density at radius 3 is 1.86 bits per heavy atom.